The van der Waals surface area contributed by atoms with Crippen molar-refractivity contribution in [2.24, 2.45) is 0 Å². The standard InChI is InChI=1S/C60H36S/c1-2-18-44-42(16-1)43-17-3-5-21-47(43)60-48-22-6-4-19-45(48)53(36-55(44)60)37-28-30-38(31-29-37)58-49-23-7-9-25-51(49)59(52-26-10-8-24-50(52)58)41-15-13-14-39(34-41)40-32-33-57-54(35-40)46-20-11-12-27-56(46)61-57/h1-36H. The monoisotopic (exact) mass is 788 g/mol. The van der Waals surface area contributed by atoms with Gasteiger partial charge in [-0.25, -0.2) is 0 Å². The first-order valence-corrected chi connectivity index (χ1v) is 21.9. The molecule has 0 saturated carbocycles. The van der Waals surface area contributed by atoms with Gasteiger partial charge in [0.2, 0.25) is 0 Å². The Hall–Kier alpha value is -7.58. The van der Waals surface area contributed by atoms with Crippen molar-refractivity contribution in [3.63, 3.8) is 0 Å². The van der Waals surface area contributed by atoms with Gasteiger partial charge in [0, 0.05) is 20.2 Å². The lowest BCUT2D eigenvalue weighted by Crippen LogP contribution is -1.92. The van der Waals surface area contributed by atoms with Gasteiger partial charge in [-0.15, -0.1) is 11.3 Å². The van der Waals surface area contributed by atoms with E-state index in [-0.39, 0.29) is 0 Å². The fraction of sp³-hybridized carbons (Fsp3) is 0. The van der Waals surface area contributed by atoms with Gasteiger partial charge in [0.25, 0.3) is 0 Å². The van der Waals surface area contributed by atoms with Crippen molar-refractivity contribution in [3.8, 4) is 44.5 Å². The smallest absolute Gasteiger partial charge is 0.0355 e. The third-order valence-electron chi connectivity index (χ3n) is 13.0. The van der Waals surface area contributed by atoms with E-state index in [9.17, 15) is 0 Å². The molecule has 1 heterocycles. The molecular formula is C60H36S. The maximum atomic E-state index is 2.44. The molecule has 0 unspecified atom stereocenters. The molecule has 282 valence electrons. The van der Waals surface area contributed by atoms with Gasteiger partial charge < -0.3 is 0 Å². The van der Waals surface area contributed by atoms with Crippen LogP contribution < -0.4 is 0 Å². The van der Waals surface area contributed by atoms with E-state index < -0.39 is 0 Å². The highest BCUT2D eigenvalue weighted by Gasteiger charge is 2.19. The van der Waals surface area contributed by atoms with Gasteiger partial charge in [0.15, 0.2) is 0 Å². The maximum absolute atomic E-state index is 2.44. The van der Waals surface area contributed by atoms with Gasteiger partial charge in [0.1, 0.15) is 0 Å². The van der Waals surface area contributed by atoms with E-state index in [1.165, 1.54) is 129 Å². The lowest BCUT2D eigenvalue weighted by atomic mass is 9.84. The summed E-state index contributed by atoms with van der Waals surface area (Å²) in [6.45, 7) is 0. The van der Waals surface area contributed by atoms with Crippen molar-refractivity contribution in [2.45, 2.75) is 0 Å². The molecule has 0 fully saturated rings. The molecule has 61 heavy (non-hydrogen) atoms. The molecule has 13 aromatic rings. The first-order chi connectivity index (χ1) is 30.3. The third kappa shape index (κ3) is 5.24. The molecule has 0 N–H and O–H groups in total. The minimum absolute atomic E-state index is 1.22. The molecule has 0 spiro atoms. The summed E-state index contributed by atoms with van der Waals surface area (Å²) in [4.78, 5) is 0. The average Bonchev–Trinajstić information content (AvgIpc) is 3.71. The normalized spacial score (nSPS) is 11.9. The number of rotatable bonds is 4. The Morgan fingerprint density at radius 2 is 0.639 bits per heavy atom. The summed E-state index contributed by atoms with van der Waals surface area (Å²) in [5.41, 5.74) is 9.93. The van der Waals surface area contributed by atoms with Crippen LogP contribution in [0.3, 0.4) is 0 Å². The number of benzene rings is 12. The van der Waals surface area contributed by atoms with E-state index in [0.29, 0.717) is 0 Å². The van der Waals surface area contributed by atoms with E-state index in [0.717, 1.165) is 0 Å². The van der Waals surface area contributed by atoms with E-state index >= 15 is 0 Å². The molecule has 13 rings (SSSR count). The Morgan fingerprint density at radius 1 is 0.213 bits per heavy atom. The first-order valence-electron chi connectivity index (χ1n) is 21.1. The van der Waals surface area contributed by atoms with Gasteiger partial charge in [-0.3, -0.25) is 0 Å². The van der Waals surface area contributed by atoms with Crippen LogP contribution in [0.25, 0.3) is 129 Å². The summed E-state index contributed by atoms with van der Waals surface area (Å²) < 4.78 is 2.66. The van der Waals surface area contributed by atoms with Crippen molar-refractivity contribution in [1.29, 1.82) is 0 Å². The highest BCUT2D eigenvalue weighted by Crippen LogP contribution is 2.47. The second-order valence-electron chi connectivity index (χ2n) is 16.3. The Bertz CT molecular complexity index is 3870. The van der Waals surface area contributed by atoms with E-state index in [1.807, 2.05) is 11.3 Å². The van der Waals surface area contributed by atoms with Crippen LogP contribution in [0.1, 0.15) is 0 Å². The topological polar surface area (TPSA) is 0 Å². The molecule has 12 aromatic carbocycles. The Kier molecular flexibility index (Phi) is 7.58. The molecule has 0 radical (unpaired) electrons. The van der Waals surface area contributed by atoms with Crippen LogP contribution in [0.5, 0.6) is 0 Å². The third-order valence-corrected chi connectivity index (χ3v) is 14.2. The Labute approximate surface area is 357 Å². The maximum Gasteiger partial charge on any atom is 0.0355 e. The molecule has 1 aromatic heterocycles. The van der Waals surface area contributed by atoms with Crippen molar-refractivity contribution in [1.82, 2.24) is 0 Å². The van der Waals surface area contributed by atoms with Crippen LogP contribution in [-0.4, -0.2) is 0 Å². The van der Waals surface area contributed by atoms with Crippen LogP contribution >= 0.6 is 11.3 Å². The molecule has 0 aliphatic carbocycles. The van der Waals surface area contributed by atoms with E-state index in [4.69, 9.17) is 0 Å². The zero-order valence-electron chi connectivity index (χ0n) is 33.2. The largest absolute Gasteiger partial charge is 0.135 e. The van der Waals surface area contributed by atoms with Gasteiger partial charge in [-0.05, 0) is 139 Å². The van der Waals surface area contributed by atoms with Crippen LogP contribution in [0, 0.1) is 0 Å². The fourth-order valence-electron chi connectivity index (χ4n) is 10.3. The molecule has 1 heteroatoms. The zero-order chi connectivity index (χ0) is 40.0. The van der Waals surface area contributed by atoms with Crippen LogP contribution in [0.15, 0.2) is 218 Å². The van der Waals surface area contributed by atoms with Crippen LogP contribution in [0.2, 0.25) is 0 Å². The highest BCUT2D eigenvalue weighted by atomic mass is 32.1. The predicted octanol–water partition coefficient (Wildman–Crippen LogP) is 17.6. The minimum Gasteiger partial charge on any atom is -0.135 e. The SMILES string of the molecule is c1cc(-c2ccc3sc4ccccc4c3c2)cc(-c2c3ccccc3c(-c3ccc(-c4cc5c6ccccc6c6ccccc6c5c5ccccc45)cc3)c3ccccc23)c1. The lowest BCUT2D eigenvalue weighted by molar-refractivity contribution is 1.63. The summed E-state index contributed by atoms with van der Waals surface area (Å²) in [7, 11) is 0. The summed E-state index contributed by atoms with van der Waals surface area (Å²) in [5, 5.41) is 18.1. The molecule has 0 nitrogen and oxygen atoms in total. The number of hydrogen-bond acceptors (Lipinski definition) is 1. The van der Waals surface area contributed by atoms with Crippen molar-refractivity contribution in [3.05, 3.63) is 218 Å². The molecule has 0 atom stereocenters. The molecular weight excluding hydrogens is 753 g/mol. The number of fused-ring (bicyclic) bond motifs is 13. The highest BCUT2D eigenvalue weighted by molar-refractivity contribution is 7.25. The lowest BCUT2D eigenvalue weighted by Gasteiger charge is -2.19. The van der Waals surface area contributed by atoms with Crippen LogP contribution in [-0.2, 0) is 0 Å². The summed E-state index contributed by atoms with van der Waals surface area (Å²) >= 11 is 1.87. The van der Waals surface area contributed by atoms with Crippen molar-refractivity contribution >= 4 is 96.1 Å². The molecule has 0 bridgehead atoms. The van der Waals surface area contributed by atoms with Gasteiger partial charge in [-0.1, -0.05) is 188 Å². The number of hydrogen-bond donors (Lipinski definition) is 0. The van der Waals surface area contributed by atoms with Gasteiger partial charge in [-0.2, -0.15) is 0 Å². The minimum atomic E-state index is 1.22. The van der Waals surface area contributed by atoms with E-state index in [1.54, 1.807) is 0 Å². The van der Waals surface area contributed by atoms with Crippen molar-refractivity contribution < 1.29 is 0 Å². The molecule has 0 amide bonds. The summed E-state index contributed by atoms with van der Waals surface area (Å²) in [6, 6.07) is 81.3. The van der Waals surface area contributed by atoms with Crippen LogP contribution in [0.4, 0.5) is 0 Å². The summed E-state index contributed by atoms with van der Waals surface area (Å²) in [6.07, 6.45) is 0. The molecule has 0 saturated heterocycles. The molecule has 0 aliphatic rings. The quantitative estimate of drug-likeness (QED) is 0.123. The fourth-order valence-corrected chi connectivity index (χ4v) is 11.4. The zero-order valence-corrected chi connectivity index (χ0v) is 34.0. The Morgan fingerprint density at radius 3 is 1.30 bits per heavy atom. The second-order valence-corrected chi connectivity index (χ2v) is 17.4. The van der Waals surface area contributed by atoms with E-state index in [2.05, 4.69) is 218 Å². The molecule has 0 aliphatic heterocycles. The summed E-state index contributed by atoms with van der Waals surface area (Å²) in [5.74, 6) is 0. The van der Waals surface area contributed by atoms with Crippen molar-refractivity contribution in [2.75, 3.05) is 0 Å². The second kappa shape index (κ2) is 13.5. The average molecular weight is 789 g/mol. The Balaban J connectivity index is 0.975. The first kappa shape index (κ1) is 34.3. The van der Waals surface area contributed by atoms with Gasteiger partial charge >= 0.3 is 0 Å². The number of thiophene rings is 1. The predicted molar refractivity (Wildman–Crippen MR) is 266 cm³/mol. The van der Waals surface area contributed by atoms with Gasteiger partial charge in [0.05, 0.1) is 0 Å².